The second-order valence-corrected chi connectivity index (χ2v) is 9.65. The average molecular weight is 422 g/mol. The number of aldehydes is 1. The van der Waals surface area contributed by atoms with Crippen molar-refractivity contribution in [3.63, 3.8) is 0 Å². The van der Waals surface area contributed by atoms with Gasteiger partial charge in [0.25, 0.3) is 0 Å². The smallest absolute Gasteiger partial charge is 0.240 e. The van der Waals surface area contributed by atoms with Crippen molar-refractivity contribution in [2.24, 2.45) is 11.3 Å². The molecule has 1 aliphatic rings. The molecule has 2 aromatic rings. The van der Waals surface area contributed by atoms with E-state index in [1.165, 1.54) is 11.1 Å². The molecule has 1 aliphatic carbocycles. The highest BCUT2D eigenvalue weighted by molar-refractivity contribution is 5.84. The third-order valence-electron chi connectivity index (χ3n) is 5.93. The number of nitrogens with one attached hydrogen (secondary N) is 2. The number of hydrogen-bond acceptors (Lipinski definition) is 4. The zero-order chi connectivity index (χ0) is 22.4. The Kier molecular flexibility index (Phi) is 7.50. The average Bonchev–Trinajstić information content (AvgIpc) is 3.16. The van der Waals surface area contributed by atoms with Crippen LogP contribution in [-0.4, -0.2) is 43.3 Å². The highest BCUT2D eigenvalue weighted by Gasteiger charge is 2.36. The Balaban J connectivity index is 1.84. The Hall–Kier alpha value is -2.66. The first-order chi connectivity index (χ1) is 14.8. The zero-order valence-corrected chi connectivity index (χ0v) is 19.2. The van der Waals surface area contributed by atoms with Gasteiger partial charge in [0.2, 0.25) is 5.91 Å². The summed E-state index contributed by atoms with van der Waals surface area (Å²) in [6.07, 6.45) is 2.58. The van der Waals surface area contributed by atoms with Gasteiger partial charge >= 0.3 is 0 Å². The molecule has 0 heterocycles. The van der Waals surface area contributed by atoms with Gasteiger partial charge in [-0.05, 0) is 46.9 Å². The lowest BCUT2D eigenvalue weighted by atomic mass is 9.91. The van der Waals surface area contributed by atoms with E-state index >= 15 is 0 Å². The van der Waals surface area contributed by atoms with Crippen LogP contribution in [0, 0.1) is 11.3 Å². The fraction of sp³-hybridized carbons (Fsp3) is 0.462. The number of carbonyl (C=O) groups is 2. The van der Waals surface area contributed by atoms with E-state index in [1.54, 1.807) is 4.90 Å². The van der Waals surface area contributed by atoms with Crippen LogP contribution in [0.5, 0.6) is 0 Å². The molecule has 31 heavy (non-hydrogen) atoms. The summed E-state index contributed by atoms with van der Waals surface area (Å²) >= 11 is 0. The second kappa shape index (κ2) is 10.1. The number of nitrogens with zero attached hydrogens (tertiary/aromatic N) is 1. The summed E-state index contributed by atoms with van der Waals surface area (Å²) in [4.78, 5) is 26.9. The van der Waals surface area contributed by atoms with Gasteiger partial charge in [-0.2, -0.15) is 0 Å². The molecule has 1 amide bonds. The van der Waals surface area contributed by atoms with E-state index < -0.39 is 0 Å². The van der Waals surface area contributed by atoms with Crippen LogP contribution in [0.15, 0.2) is 48.5 Å². The van der Waals surface area contributed by atoms with E-state index in [0.717, 1.165) is 36.9 Å². The number of hydrogen-bond donors (Lipinski definition) is 2. The molecule has 1 unspecified atom stereocenters. The van der Waals surface area contributed by atoms with Crippen molar-refractivity contribution in [3.8, 4) is 0 Å². The highest BCUT2D eigenvalue weighted by atomic mass is 16.2. The van der Waals surface area contributed by atoms with Crippen LogP contribution in [0.1, 0.15) is 37.5 Å². The van der Waals surface area contributed by atoms with Crippen LogP contribution in [0.3, 0.4) is 0 Å². The SMILES string of the molecule is CNc1ccccc1CN(CC=O)C(=O)C(NCC(C)(C)C)C1Cc2ccccc2C1. The van der Waals surface area contributed by atoms with Crippen LogP contribution in [0.25, 0.3) is 0 Å². The maximum Gasteiger partial charge on any atom is 0.240 e. The third kappa shape index (κ3) is 5.95. The van der Waals surface area contributed by atoms with Gasteiger partial charge in [-0.1, -0.05) is 63.2 Å². The van der Waals surface area contributed by atoms with Gasteiger partial charge in [0, 0.05) is 25.8 Å². The van der Waals surface area contributed by atoms with Gasteiger partial charge in [0.1, 0.15) is 6.29 Å². The molecule has 0 saturated carbocycles. The fourth-order valence-electron chi connectivity index (χ4n) is 4.33. The van der Waals surface area contributed by atoms with E-state index in [4.69, 9.17) is 0 Å². The molecule has 2 N–H and O–H groups in total. The van der Waals surface area contributed by atoms with Crippen molar-refractivity contribution >= 4 is 17.9 Å². The minimum atomic E-state index is -0.326. The molecule has 0 fully saturated rings. The van der Waals surface area contributed by atoms with Gasteiger partial charge < -0.3 is 20.3 Å². The first-order valence-corrected chi connectivity index (χ1v) is 11.1. The summed E-state index contributed by atoms with van der Waals surface area (Å²) in [5.41, 5.74) is 4.68. The summed E-state index contributed by atoms with van der Waals surface area (Å²) in [5.74, 6) is 0.181. The molecule has 1 atom stereocenters. The molecular formula is C26H35N3O2. The van der Waals surface area contributed by atoms with Gasteiger partial charge in [-0.3, -0.25) is 4.79 Å². The van der Waals surface area contributed by atoms with Gasteiger partial charge in [-0.25, -0.2) is 0 Å². The van der Waals surface area contributed by atoms with E-state index in [9.17, 15) is 9.59 Å². The van der Waals surface area contributed by atoms with Gasteiger partial charge in [0.15, 0.2) is 0 Å². The number of anilines is 1. The molecule has 2 aromatic carbocycles. The van der Waals surface area contributed by atoms with Crippen LogP contribution < -0.4 is 10.6 Å². The number of rotatable bonds is 9. The monoisotopic (exact) mass is 421 g/mol. The summed E-state index contributed by atoms with van der Waals surface area (Å²) < 4.78 is 0. The lowest BCUT2D eigenvalue weighted by Gasteiger charge is -2.32. The highest BCUT2D eigenvalue weighted by Crippen LogP contribution is 2.30. The molecule has 3 rings (SSSR count). The molecule has 0 saturated heterocycles. The maximum atomic E-state index is 13.8. The normalized spacial score (nSPS) is 14.7. The number of amides is 1. The molecule has 5 heteroatoms. The van der Waals surface area contributed by atoms with Crippen LogP contribution in [0.2, 0.25) is 0 Å². The molecular weight excluding hydrogens is 386 g/mol. The summed E-state index contributed by atoms with van der Waals surface area (Å²) in [6.45, 7) is 7.72. The van der Waals surface area contributed by atoms with Crippen molar-refractivity contribution < 1.29 is 9.59 Å². The van der Waals surface area contributed by atoms with Crippen molar-refractivity contribution in [2.45, 2.75) is 46.2 Å². The van der Waals surface area contributed by atoms with Gasteiger partial charge in [0.05, 0.1) is 12.6 Å². The van der Waals surface area contributed by atoms with Crippen molar-refractivity contribution in [3.05, 3.63) is 65.2 Å². The number of fused-ring (bicyclic) bond motifs is 1. The summed E-state index contributed by atoms with van der Waals surface area (Å²) in [6, 6.07) is 16.0. The number of para-hydroxylation sites is 1. The standard InChI is InChI=1S/C26H35N3O2/c1-26(2,3)18-28-24(22-15-19-9-5-6-10-20(19)16-22)25(31)29(13-14-30)17-21-11-7-8-12-23(21)27-4/h5-12,14,22,24,27-28H,13,15-18H2,1-4H3. The second-order valence-electron chi connectivity index (χ2n) is 9.65. The quantitative estimate of drug-likeness (QED) is 0.607. The van der Waals surface area contributed by atoms with Gasteiger partial charge in [-0.15, -0.1) is 0 Å². The largest absolute Gasteiger partial charge is 0.388 e. The zero-order valence-electron chi connectivity index (χ0n) is 19.2. The van der Waals surface area contributed by atoms with Crippen LogP contribution in [0.4, 0.5) is 5.69 Å². The van der Waals surface area contributed by atoms with E-state index in [-0.39, 0.29) is 29.8 Å². The Morgan fingerprint density at radius 3 is 2.29 bits per heavy atom. The molecule has 0 aromatic heterocycles. The van der Waals surface area contributed by atoms with Crippen molar-refractivity contribution in [2.75, 3.05) is 25.5 Å². The lowest BCUT2D eigenvalue weighted by Crippen LogP contribution is -2.52. The minimum Gasteiger partial charge on any atom is -0.388 e. The first-order valence-electron chi connectivity index (χ1n) is 11.1. The molecule has 0 spiro atoms. The summed E-state index contributed by atoms with van der Waals surface area (Å²) in [5, 5.41) is 6.75. The predicted molar refractivity (Wildman–Crippen MR) is 126 cm³/mol. The van der Waals surface area contributed by atoms with Crippen LogP contribution in [-0.2, 0) is 29.0 Å². The van der Waals surface area contributed by atoms with E-state index in [2.05, 4.69) is 55.7 Å². The number of benzene rings is 2. The van der Waals surface area contributed by atoms with Crippen molar-refractivity contribution in [1.82, 2.24) is 10.2 Å². The molecule has 166 valence electrons. The first kappa shape index (κ1) is 23.0. The molecule has 0 aliphatic heterocycles. The Morgan fingerprint density at radius 2 is 1.71 bits per heavy atom. The Morgan fingerprint density at radius 1 is 1.10 bits per heavy atom. The number of carbonyl (C=O) groups excluding carboxylic acids is 2. The predicted octanol–water partition coefficient (Wildman–Crippen LogP) is 3.68. The van der Waals surface area contributed by atoms with E-state index in [0.29, 0.717) is 6.54 Å². The van der Waals surface area contributed by atoms with E-state index in [1.807, 2.05) is 31.3 Å². The fourth-order valence-corrected chi connectivity index (χ4v) is 4.33. The lowest BCUT2D eigenvalue weighted by molar-refractivity contribution is -0.137. The summed E-state index contributed by atoms with van der Waals surface area (Å²) in [7, 11) is 1.87. The van der Waals surface area contributed by atoms with Crippen molar-refractivity contribution in [1.29, 1.82) is 0 Å². The third-order valence-corrected chi connectivity index (χ3v) is 5.93. The maximum absolute atomic E-state index is 13.8. The topological polar surface area (TPSA) is 61.4 Å². The Bertz CT molecular complexity index is 879. The Labute approximate surface area is 186 Å². The molecule has 5 nitrogen and oxygen atoms in total. The molecule has 0 radical (unpaired) electrons. The minimum absolute atomic E-state index is 0.0000576. The molecule has 0 bridgehead atoms. The van der Waals surface area contributed by atoms with Crippen LogP contribution >= 0.6 is 0 Å².